The van der Waals surface area contributed by atoms with Crippen LogP contribution in [0.15, 0.2) is 18.2 Å². The van der Waals surface area contributed by atoms with E-state index in [9.17, 15) is 13.2 Å². The van der Waals surface area contributed by atoms with E-state index in [1.807, 2.05) is 6.07 Å². The zero-order valence-corrected chi connectivity index (χ0v) is 10.1. The standard InChI is InChI=1S/C10H10N4O3S/c11-5-7-2-1-3-9(13-7)14-6-8(4-10(14)15)18(12,16)17/h1-3,8H,4,6H2,(H2,12,16,17). The highest BCUT2D eigenvalue weighted by molar-refractivity contribution is 7.89. The lowest BCUT2D eigenvalue weighted by atomic mass is 10.3. The third-order valence-electron chi connectivity index (χ3n) is 2.68. The summed E-state index contributed by atoms with van der Waals surface area (Å²) < 4.78 is 22.4. The quantitative estimate of drug-likeness (QED) is 0.763. The molecule has 18 heavy (non-hydrogen) atoms. The minimum atomic E-state index is -3.75. The van der Waals surface area contributed by atoms with Gasteiger partial charge >= 0.3 is 0 Å². The molecule has 7 nitrogen and oxygen atoms in total. The minimum Gasteiger partial charge on any atom is -0.295 e. The first-order valence-electron chi connectivity index (χ1n) is 5.11. The van der Waals surface area contributed by atoms with Crippen molar-refractivity contribution in [3.63, 3.8) is 0 Å². The summed E-state index contributed by atoms with van der Waals surface area (Å²) in [5.74, 6) is -0.0955. The molecule has 8 heteroatoms. The Morgan fingerprint density at radius 3 is 2.78 bits per heavy atom. The van der Waals surface area contributed by atoms with Gasteiger partial charge in [-0.15, -0.1) is 0 Å². The molecule has 0 aromatic carbocycles. The van der Waals surface area contributed by atoms with Crippen molar-refractivity contribution >= 4 is 21.7 Å². The predicted molar refractivity (Wildman–Crippen MR) is 62.8 cm³/mol. The molecule has 0 spiro atoms. The number of amides is 1. The Morgan fingerprint density at radius 1 is 1.50 bits per heavy atom. The fraction of sp³-hybridized carbons (Fsp3) is 0.300. The van der Waals surface area contributed by atoms with Crippen molar-refractivity contribution in [1.82, 2.24) is 4.98 Å². The van der Waals surface area contributed by atoms with Crippen LogP contribution in [-0.4, -0.2) is 31.1 Å². The highest BCUT2D eigenvalue weighted by atomic mass is 32.2. The molecule has 0 aliphatic carbocycles. The Kier molecular flexibility index (Phi) is 3.02. The molecule has 0 bridgehead atoms. The summed E-state index contributed by atoms with van der Waals surface area (Å²) in [6, 6.07) is 6.48. The summed E-state index contributed by atoms with van der Waals surface area (Å²) in [6.07, 6.45) is -0.155. The maximum absolute atomic E-state index is 11.7. The van der Waals surface area contributed by atoms with E-state index in [1.165, 1.54) is 11.0 Å². The molecule has 2 heterocycles. The number of carbonyl (C=O) groups excluding carboxylic acids is 1. The van der Waals surface area contributed by atoms with E-state index in [0.29, 0.717) is 0 Å². The van der Waals surface area contributed by atoms with Crippen molar-refractivity contribution in [2.45, 2.75) is 11.7 Å². The molecular weight excluding hydrogens is 256 g/mol. The molecule has 2 N–H and O–H groups in total. The molecule has 1 aromatic rings. The molecule has 1 unspecified atom stereocenters. The van der Waals surface area contributed by atoms with E-state index in [-0.39, 0.29) is 30.4 Å². The third kappa shape index (κ3) is 2.32. The van der Waals surface area contributed by atoms with Gasteiger partial charge in [-0.05, 0) is 12.1 Å². The Morgan fingerprint density at radius 2 is 2.22 bits per heavy atom. The Balaban J connectivity index is 2.30. The molecule has 1 fully saturated rings. The highest BCUT2D eigenvalue weighted by Crippen LogP contribution is 2.22. The van der Waals surface area contributed by atoms with Crippen LogP contribution in [0.4, 0.5) is 5.82 Å². The Hall–Kier alpha value is -1.98. The molecule has 1 saturated heterocycles. The molecule has 1 aromatic heterocycles. The lowest BCUT2D eigenvalue weighted by Crippen LogP contribution is -2.32. The molecule has 1 aliphatic rings. The van der Waals surface area contributed by atoms with Crippen LogP contribution in [0, 0.1) is 11.3 Å². The van der Waals surface area contributed by atoms with Gasteiger partial charge < -0.3 is 0 Å². The molecule has 2 rings (SSSR count). The molecule has 1 atom stereocenters. The molecule has 1 amide bonds. The maximum Gasteiger partial charge on any atom is 0.229 e. The minimum absolute atomic E-state index is 0.0282. The van der Waals surface area contributed by atoms with Crippen LogP contribution < -0.4 is 10.0 Å². The summed E-state index contributed by atoms with van der Waals surface area (Å²) in [5.41, 5.74) is 0.166. The number of anilines is 1. The highest BCUT2D eigenvalue weighted by Gasteiger charge is 2.37. The van der Waals surface area contributed by atoms with E-state index < -0.39 is 15.3 Å². The number of nitrogens with two attached hydrogens (primary N) is 1. The molecule has 94 valence electrons. The van der Waals surface area contributed by atoms with Crippen molar-refractivity contribution < 1.29 is 13.2 Å². The first-order valence-corrected chi connectivity index (χ1v) is 6.72. The largest absolute Gasteiger partial charge is 0.295 e. The van der Waals surface area contributed by atoms with Crippen LogP contribution in [-0.2, 0) is 14.8 Å². The van der Waals surface area contributed by atoms with E-state index in [2.05, 4.69) is 4.98 Å². The molecule has 0 radical (unpaired) electrons. The number of hydrogen-bond donors (Lipinski definition) is 1. The van der Waals surface area contributed by atoms with E-state index in [4.69, 9.17) is 10.4 Å². The van der Waals surface area contributed by atoms with Crippen molar-refractivity contribution in [1.29, 1.82) is 5.26 Å². The lowest BCUT2D eigenvalue weighted by molar-refractivity contribution is -0.117. The number of pyridine rings is 1. The normalized spacial score (nSPS) is 19.9. The van der Waals surface area contributed by atoms with Crippen LogP contribution in [0.1, 0.15) is 12.1 Å². The van der Waals surface area contributed by atoms with Gasteiger partial charge in [-0.2, -0.15) is 5.26 Å². The van der Waals surface area contributed by atoms with Crippen LogP contribution in [0.5, 0.6) is 0 Å². The number of carbonyl (C=O) groups is 1. The number of nitriles is 1. The van der Waals surface area contributed by atoms with Crippen molar-refractivity contribution in [3.8, 4) is 6.07 Å². The topological polar surface area (TPSA) is 117 Å². The zero-order chi connectivity index (χ0) is 13.3. The van der Waals surface area contributed by atoms with Gasteiger partial charge in [-0.1, -0.05) is 6.07 Å². The second-order valence-corrected chi connectivity index (χ2v) is 5.76. The van der Waals surface area contributed by atoms with E-state index >= 15 is 0 Å². The SMILES string of the molecule is N#Cc1cccc(N2CC(S(N)(=O)=O)CC2=O)n1. The van der Waals surface area contributed by atoms with Crippen LogP contribution in [0.25, 0.3) is 0 Å². The smallest absolute Gasteiger partial charge is 0.229 e. The summed E-state index contributed by atoms with van der Waals surface area (Å²) in [6.45, 7) is -0.0282. The summed E-state index contributed by atoms with van der Waals surface area (Å²) >= 11 is 0. The average molecular weight is 266 g/mol. The maximum atomic E-state index is 11.7. The molecule has 0 saturated carbocycles. The van der Waals surface area contributed by atoms with Gasteiger partial charge in [-0.3, -0.25) is 9.69 Å². The summed E-state index contributed by atoms with van der Waals surface area (Å²) in [7, 11) is -3.75. The fourth-order valence-corrected chi connectivity index (χ4v) is 2.48. The summed E-state index contributed by atoms with van der Waals surface area (Å²) in [5, 5.41) is 12.8. The third-order valence-corrected chi connectivity index (χ3v) is 3.92. The number of rotatable bonds is 2. The number of nitrogens with zero attached hydrogens (tertiary/aromatic N) is 3. The Bertz CT molecular complexity index is 635. The van der Waals surface area contributed by atoms with E-state index in [0.717, 1.165) is 0 Å². The van der Waals surface area contributed by atoms with Crippen molar-refractivity contribution in [2.24, 2.45) is 5.14 Å². The monoisotopic (exact) mass is 266 g/mol. The fourth-order valence-electron chi connectivity index (χ4n) is 1.75. The number of hydrogen-bond acceptors (Lipinski definition) is 5. The van der Waals surface area contributed by atoms with Gasteiger partial charge in [0, 0.05) is 13.0 Å². The van der Waals surface area contributed by atoms with Gasteiger partial charge in [0.1, 0.15) is 22.8 Å². The zero-order valence-electron chi connectivity index (χ0n) is 9.28. The lowest BCUT2D eigenvalue weighted by Gasteiger charge is -2.14. The van der Waals surface area contributed by atoms with Gasteiger partial charge in [-0.25, -0.2) is 18.5 Å². The first-order chi connectivity index (χ1) is 8.41. The molecular formula is C10H10N4O3S. The van der Waals surface area contributed by atoms with Gasteiger partial charge in [0.25, 0.3) is 0 Å². The van der Waals surface area contributed by atoms with Crippen molar-refractivity contribution in [2.75, 3.05) is 11.4 Å². The van der Waals surface area contributed by atoms with Crippen LogP contribution in [0.2, 0.25) is 0 Å². The summed E-state index contributed by atoms with van der Waals surface area (Å²) in [4.78, 5) is 16.9. The number of primary sulfonamides is 1. The predicted octanol–water partition coefficient (Wildman–Crippen LogP) is -0.653. The first kappa shape index (κ1) is 12.5. The second kappa shape index (κ2) is 4.36. The van der Waals surface area contributed by atoms with Crippen LogP contribution >= 0.6 is 0 Å². The van der Waals surface area contributed by atoms with Gasteiger partial charge in [0.2, 0.25) is 15.9 Å². The van der Waals surface area contributed by atoms with Gasteiger partial charge in [0.05, 0.1) is 0 Å². The van der Waals surface area contributed by atoms with Crippen molar-refractivity contribution in [3.05, 3.63) is 23.9 Å². The average Bonchev–Trinajstić information content (AvgIpc) is 2.71. The molecule has 1 aliphatic heterocycles. The number of aromatic nitrogens is 1. The van der Waals surface area contributed by atoms with E-state index in [1.54, 1.807) is 12.1 Å². The number of sulfonamides is 1. The van der Waals surface area contributed by atoms with Gasteiger partial charge in [0.15, 0.2) is 0 Å². The van der Waals surface area contributed by atoms with Crippen LogP contribution in [0.3, 0.4) is 0 Å². The second-order valence-electron chi connectivity index (χ2n) is 3.91. The Labute approximate surface area is 104 Å².